The molecule has 2 aromatic carbocycles. The van der Waals surface area contributed by atoms with Crippen LogP contribution in [0, 0.1) is 0 Å². The van der Waals surface area contributed by atoms with Crippen LogP contribution in [0.1, 0.15) is 22.8 Å². The van der Waals surface area contributed by atoms with Gasteiger partial charge < -0.3 is 14.8 Å². The molecule has 0 aliphatic heterocycles. The predicted octanol–water partition coefficient (Wildman–Crippen LogP) is 3.61. The summed E-state index contributed by atoms with van der Waals surface area (Å²) in [6.07, 6.45) is 4.54. The number of esters is 2. The monoisotopic (exact) mass is 404 g/mol. The van der Waals surface area contributed by atoms with E-state index in [4.69, 9.17) is 9.47 Å². The van der Waals surface area contributed by atoms with Crippen molar-refractivity contribution in [3.8, 4) is 0 Å². The number of carbonyl (C=O) groups is 3. The Kier molecular flexibility index (Phi) is 6.89. The van der Waals surface area contributed by atoms with Gasteiger partial charge in [0.15, 0.2) is 6.61 Å². The Balaban J connectivity index is 1.51. The number of pyridine rings is 1. The summed E-state index contributed by atoms with van der Waals surface area (Å²) < 4.78 is 9.87. The van der Waals surface area contributed by atoms with Crippen LogP contribution >= 0.6 is 0 Å². The lowest BCUT2D eigenvalue weighted by Crippen LogP contribution is -2.20. The summed E-state index contributed by atoms with van der Waals surface area (Å²) in [5, 5.41) is 3.55. The Hall–Kier alpha value is -4.00. The molecule has 0 aliphatic rings. The number of rotatable bonds is 7. The number of para-hydroxylation sites is 1. The first-order valence-electron chi connectivity index (χ1n) is 9.32. The maximum Gasteiger partial charge on any atom is 0.338 e. The Morgan fingerprint density at radius 3 is 2.53 bits per heavy atom. The van der Waals surface area contributed by atoms with Gasteiger partial charge in [-0.15, -0.1) is 0 Å². The Labute approximate surface area is 173 Å². The van der Waals surface area contributed by atoms with Crippen molar-refractivity contribution in [1.29, 1.82) is 0 Å². The van der Waals surface area contributed by atoms with Crippen LogP contribution < -0.4 is 5.32 Å². The molecule has 7 heteroatoms. The Morgan fingerprint density at radius 1 is 1.00 bits per heavy atom. The first-order valence-corrected chi connectivity index (χ1v) is 9.32. The zero-order valence-corrected chi connectivity index (χ0v) is 16.3. The first kappa shape index (κ1) is 20.7. The summed E-state index contributed by atoms with van der Waals surface area (Å²) in [5.41, 5.74) is 2.40. The van der Waals surface area contributed by atoms with E-state index >= 15 is 0 Å². The van der Waals surface area contributed by atoms with Gasteiger partial charge in [0.05, 0.1) is 17.7 Å². The molecule has 1 amide bonds. The van der Waals surface area contributed by atoms with Gasteiger partial charge in [0.2, 0.25) is 0 Å². The van der Waals surface area contributed by atoms with Crippen LogP contribution in [0.3, 0.4) is 0 Å². The lowest BCUT2D eigenvalue weighted by atomic mass is 10.1. The van der Waals surface area contributed by atoms with Crippen molar-refractivity contribution in [2.45, 2.75) is 6.92 Å². The zero-order valence-electron chi connectivity index (χ0n) is 16.3. The number of amides is 1. The number of aromatic nitrogens is 1. The molecule has 0 aliphatic carbocycles. The van der Waals surface area contributed by atoms with Gasteiger partial charge in [-0.2, -0.15) is 0 Å². The Bertz CT molecular complexity index is 1080. The third-order valence-corrected chi connectivity index (χ3v) is 4.09. The molecule has 1 aromatic heterocycles. The second-order valence-corrected chi connectivity index (χ2v) is 6.21. The second-order valence-electron chi connectivity index (χ2n) is 6.21. The average molecular weight is 404 g/mol. The molecule has 3 rings (SSSR count). The number of fused-ring (bicyclic) bond motifs is 1. The van der Waals surface area contributed by atoms with E-state index in [-0.39, 0.29) is 6.61 Å². The third-order valence-electron chi connectivity index (χ3n) is 4.09. The van der Waals surface area contributed by atoms with Gasteiger partial charge in [0.25, 0.3) is 5.91 Å². The van der Waals surface area contributed by atoms with Crippen molar-refractivity contribution in [2.75, 3.05) is 18.5 Å². The standard InChI is InChI=1S/C23H20N2O5/c1-2-29-23(28)18-8-11-19(12-9-18)25-20(26)15-30-21(27)13-10-17-6-3-5-16-7-4-14-24-22(16)17/h3-14H,2,15H2,1H3,(H,25,26)/b13-10+. The van der Waals surface area contributed by atoms with E-state index in [1.165, 1.54) is 6.08 Å². The van der Waals surface area contributed by atoms with Crippen molar-refractivity contribution >= 4 is 40.5 Å². The number of nitrogens with one attached hydrogen (secondary N) is 1. The summed E-state index contributed by atoms with van der Waals surface area (Å²) in [5.74, 6) is -1.57. The third kappa shape index (κ3) is 5.51. The van der Waals surface area contributed by atoms with Crippen LogP contribution in [0.25, 0.3) is 17.0 Å². The number of ether oxygens (including phenoxy) is 2. The first-order chi connectivity index (χ1) is 14.6. The SMILES string of the molecule is CCOC(=O)c1ccc(NC(=O)COC(=O)/C=C/c2cccc3cccnc23)cc1. The molecule has 3 aromatic rings. The van der Waals surface area contributed by atoms with Gasteiger partial charge in [-0.25, -0.2) is 9.59 Å². The summed E-state index contributed by atoms with van der Waals surface area (Å²) >= 11 is 0. The fourth-order valence-electron chi connectivity index (χ4n) is 2.71. The van der Waals surface area contributed by atoms with Crippen molar-refractivity contribution in [2.24, 2.45) is 0 Å². The van der Waals surface area contributed by atoms with Crippen LogP contribution in [-0.4, -0.2) is 36.0 Å². The number of nitrogens with zero attached hydrogens (tertiary/aromatic N) is 1. The van der Waals surface area contributed by atoms with E-state index in [1.54, 1.807) is 43.5 Å². The van der Waals surface area contributed by atoms with Gasteiger partial charge in [-0.3, -0.25) is 9.78 Å². The number of hydrogen-bond acceptors (Lipinski definition) is 6. The molecular formula is C23H20N2O5. The van der Waals surface area contributed by atoms with Crippen molar-refractivity contribution < 1.29 is 23.9 Å². The molecule has 0 saturated heterocycles. The van der Waals surface area contributed by atoms with Gasteiger partial charge in [0, 0.05) is 28.9 Å². The lowest BCUT2D eigenvalue weighted by Gasteiger charge is -2.07. The maximum absolute atomic E-state index is 12.0. The van der Waals surface area contributed by atoms with Crippen LogP contribution in [0.2, 0.25) is 0 Å². The van der Waals surface area contributed by atoms with Gasteiger partial charge in [0.1, 0.15) is 0 Å². The van der Waals surface area contributed by atoms with E-state index in [9.17, 15) is 14.4 Å². The summed E-state index contributed by atoms with van der Waals surface area (Å²) in [4.78, 5) is 39.8. The highest BCUT2D eigenvalue weighted by atomic mass is 16.5. The van der Waals surface area contributed by atoms with Crippen molar-refractivity contribution in [3.63, 3.8) is 0 Å². The number of benzene rings is 2. The normalized spacial score (nSPS) is 10.7. The second kappa shape index (κ2) is 9.97. The molecule has 0 radical (unpaired) electrons. The van der Waals surface area contributed by atoms with Crippen molar-refractivity contribution in [3.05, 3.63) is 78.0 Å². The van der Waals surface area contributed by atoms with E-state index in [1.807, 2.05) is 30.3 Å². The fourth-order valence-corrected chi connectivity index (χ4v) is 2.71. The maximum atomic E-state index is 12.0. The van der Waals surface area contributed by atoms with Crippen LogP contribution in [0.15, 0.2) is 66.9 Å². The van der Waals surface area contributed by atoms with E-state index in [2.05, 4.69) is 10.3 Å². The fraction of sp³-hybridized carbons (Fsp3) is 0.130. The van der Waals surface area contributed by atoms with Crippen LogP contribution in [0.5, 0.6) is 0 Å². The van der Waals surface area contributed by atoms with E-state index in [0.717, 1.165) is 16.5 Å². The molecular weight excluding hydrogens is 384 g/mol. The van der Waals surface area contributed by atoms with Gasteiger partial charge >= 0.3 is 11.9 Å². The average Bonchev–Trinajstić information content (AvgIpc) is 2.77. The molecule has 152 valence electrons. The summed E-state index contributed by atoms with van der Waals surface area (Å²) in [6, 6.07) is 15.6. The molecule has 0 unspecified atom stereocenters. The molecule has 0 bridgehead atoms. The number of anilines is 1. The Morgan fingerprint density at radius 2 is 1.77 bits per heavy atom. The number of carbonyl (C=O) groups excluding carboxylic acids is 3. The van der Waals surface area contributed by atoms with Gasteiger partial charge in [-0.05, 0) is 43.3 Å². The highest BCUT2D eigenvalue weighted by Gasteiger charge is 2.09. The summed E-state index contributed by atoms with van der Waals surface area (Å²) in [7, 11) is 0. The number of hydrogen-bond donors (Lipinski definition) is 1. The highest BCUT2D eigenvalue weighted by molar-refractivity contribution is 5.96. The van der Waals surface area contributed by atoms with Crippen LogP contribution in [0.4, 0.5) is 5.69 Å². The smallest absolute Gasteiger partial charge is 0.338 e. The van der Waals surface area contributed by atoms with E-state index in [0.29, 0.717) is 11.3 Å². The minimum Gasteiger partial charge on any atom is -0.462 e. The summed E-state index contributed by atoms with van der Waals surface area (Å²) in [6.45, 7) is 1.58. The minimum atomic E-state index is -0.643. The molecule has 0 spiro atoms. The zero-order chi connectivity index (χ0) is 21.3. The van der Waals surface area contributed by atoms with Crippen molar-refractivity contribution in [1.82, 2.24) is 4.98 Å². The molecule has 0 atom stereocenters. The molecule has 0 saturated carbocycles. The topological polar surface area (TPSA) is 94.6 Å². The minimum absolute atomic E-state index is 0.286. The van der Waals surface area contributed by atoms with Crippen LogP contribution in [-0.2, 0) is 19.1 Å². The molecule has 7 nitrogen and oxygen atoms in total. The van der Waals surface area contributed by atoms with Gasteiger partial charge in [-0.1, -0.05) is 24.3 Å². The molecule has 1 heterocycles. The largest absolute Gasteiger partial charge is 0.462 e. The predicted molar refractivity (Wildman–Crippen MR) is 113 cm³/mol. The molecule has 30 heavy (non-hydrogen) atoms. The lowest BCUT2D eigenvalue weighted by molar-refractivity contribution is -0.142. The quantitative estimate of drug-likeness (QED) is 0.478. The van der Waals surface area contributed by atoms with E-state index < -0.39 is 24.5 Å². The molecule has 0 fully saturated rings. The highest BCUT2D eigenvalue weighted by Crippen LogP contribution is 2.17. The molecule has 1 N–H and O–H groups in total.